The van der Waals surface area contributed by atoms with Crippen LogP contribution in [0.5, 0.6) is 0 Å². The van der Waals surface area contributed by atoms with Gasteiger partial charge < -0.3 is 19.3 Å². The first-order valence-electron chi connectivity index (χ1n) is 7.82. The molecule has 3 saturated heterocycles. The van der Waals surface area contributed by atoms with E-state index < -0.39 is 0 Å². The summed E-state index contributed by atoms with van der Waals surface area (Å²) < 4.78 is 11.0. The zero-order chi connectivity index (χ0) is 14.1. The van der Waals surface area contributed by atoms with Crippen LogP contribution in [0.25, 0.3) is 0 Å². The van der Waals surface area contributed by atoms with Gasteiger partial charge in [-0.1, -0.05) is 0 Å². The van der Waals surface area contributed by atoms with E-state index in [-0.39, 0.29) is 0 Å². The van der Waals surface area contributed by atoms with E-state index in [9.17, 15) is 0 Å². The van der Waals surface area contributed by atoms with Gasteiger partial charge in [0.2, 0.25) is 0 Å². The van der Waals surface area contributed by atoms with E-state index >= 15 is 0 Å². The third kappa shape index (κ3) is 2.58. The summed E-state index contributed by atoms with van der Waals surface area (Å²) in [6.45, 7) is 7.34. The van der Waals surface area contributed by atoms with E-state index in [1.54, 1.807) is 6.33 Å². The molecule has 6 nitrogen and oxygen atoms in total. The predicted molar refractivity (Wildman–Crippen MR) is 79.8 cm³/mol. The molecule has 0 N–H and O–H groups in total. The number of aromatic nitrogens is 2. The number of morpholine rings is 1. The van der Waals surface area contributed by atoms with Gasteiger partial charge in [-0.15, -0.1) is 0 Å². The Bertz CT molecular complexity index is 498. The van der Waals surface area contributed by atoms with Crippen LogP contribution in [0.1, 0.15) is 12.8 Å². The number of nitrogens with zero attached hydrogens (tertiary/aromatic N) is 4. The molecule has 0 saturated carbocycles. The van der Waals surface area contributed by atoms with Crippen LogP contribution in [0, 0.1) is 5.41 Å². The minimum absolute atomic E-state index is 0.365. The highest BCUT2D eigenvalue weighted by atomic mass is 16.5. The second-order valence-corrected chi connectivity index (χ2v) is 6.31. The summed E-state index contributed by atoms with van der Waals surface area (Å²) in [5.74, 6) is 2.07. The Morgan fingerprint density at radius 2 is 1.71 bits per heavy atom. The Morgan fingerprint density at radius 1 is 0.905 bits per heavy atom. The van der Waals surface area contributed by atoms with Crippen molar-refractivity contribution in [2.75, 3.05) is 62.4 Å². The van der Waals surface area contributed by atoms with Gasteiger partial charge >= 0.3 is 0 Å². The van der Waals surface area contributed by atoms with E-state index in [1.807, 2.05) is 0 Å². The fraction of sp³-hybridized carbons (Fsp3) is 0.733. The van der Waals surface area contributed by atoms with E-state index in [0.717, 1.165) is 64.2 Å². The molecule has 1 spiro atoms. The Kier molecular flexibility index (Phi) is 3.43. The molecule has 1 aromatic rings. The summed E-state index contributed by atoms with van der Waals surface area (Å²) in [6.07, 6.45) is 4.09. The van der Waals surface area contributed by atoms with Crippen LogP contribution in [0.15, 0.2) is 12.4 Å². The SMILES string of the molecule is c1nc(N2CCOCC2)cc(N2CC[C@]3(CCOC3)C2)n1. The van der Waals surface area contributed by atoms with Crippen molar-refractivity contribution in [3.8, 4) is 0 Å². The maximum atomic E-state index is 5.60. The first kappa shape index (κ1) is 13.3. The predicted octanol–water partition coefficient (Wildman–Crippen LogP) is 0.930. The van der Waals surface area contributed by atoms with Crippen molar-refractivity contribution in [3.05, 3.63) is 12.4 Å². The maximum Gasteiger partial charge on any atom is 0.134 e. The van der Waals surface area contributed by atoms with Crippen molar-refractivity contribution in [2.45, 2.75) is 12.8 Å². The summed E-state index contributed by atoms with van der Waals surface area (Å²) in [5.41, 5.74) is 0.365. The fourth-order valence-electron chi connectivity index (χ4n) is 3.58. The second-order valence-electron chi connectivity index (χ2n) is 6.31. The van der Waals surface area contributed by atoms with Crippen molar-refractivity contribution in [2.24, 2.45) is 5.41 Å². The highest BCUT2D eigenvalue weighted by Crippen LogP contribution is 2.39. The molecule has 3 aliphatic heterocycles. The highest BCUT2D eigenvalue weighted by molar-refractivity contribution is 5.51. The molecule has 6 heteroatoms. The van der Waals surface area contributed by atoms with Crippen LogP contribution < -0.4 is 9.80 Å². The largest absolute Gasteiger partial charge is 0.381 e. The van der Waals surface area contributed by atoms with Gasteiger partial charge in [0, 0.05) is 44.3 Å². The maximum absolute atomic E-state index is 5.60. The molecule has 1 atom stereocenters. The van der Waals surface area contributed by atoms with Crippen molar-refractivity contribution in [3.63, 3.8) is 0 Å². The van der Waals surface area contributed by atoms with Gasteiger partial charge in [-0.2, -0.15) is 0 Å². The Labute approximate surface area is 125 Å². The molecule has 1 aromatic heterocycles. The van der Waals surface area contributed by atoms with Crippen LogP contribution in [0.2, 0.25) is 0 Å². The van der Waals surface area contributed by atoms with Crippen molar-refractivity contribution < 1.29 is 9.47 Å². The van der Waals surface area contributed by atoms with Crippen molar-refractivity contribution in [1.82, 2.24) is 9.97 Å². The van der Waals surface area contributed by atoms with Gasteiger partial charge in [-0.3, -0.25) is 0 Å². The molecule has 0 aliphatic carbocycles. The molecule has 3 aliphatic rings. The van der Waals surface area contributed by atoms with Gasteiger partial charge in [0.05, 0.1) is 19.8 Å². The molecule has 0 radical (unpaired) electrons. The van der Waals surface area contributed by atoms with Crippen LogP contribution in [-0.2, 0) is 9.47 Å². The van der Waals surface area contributed by atoms with E-state index in [1.165, 1.54) is 12.8 Å². The molecule has 0 amide bonds. The average Bonchev–Trinajstić information content (AvgIpc) is 3.19. The normalized spacial score (nSPS) is 29.5. The zero-order valence-corrected chi connectivity index (χ0v) is 12.3. The zero-order valence-electron chi connectivity index (χ0n) is 12.3. The lowest BCUT2D eigenvalue weighted by molar-refractivity contribution is 0.122. The number of hydrogen-bond acceptors (Lipinski definition) is 6. The van der Waals surface area contributed by atoms with E-state index in [2.05, 4.69) is 25.8 Å². The number of anilines is 2. The Balaban J connectivity index is 1.50. The smallest absolute Gasteiger partial charge is 0.134 e. The molecule has 4 heterocycles. The third-order valence-electron chi connectivity index (χ3n) is 4.92. The Morgan fingerprint density at radius 3 is 2.48 bits per heavy atom. The molecule has 0 bridgehead atoms. The summed E-state index contributed by atoms with van der Waals surface area (Å²) in [7, 11) is 0. The van der Waals surface area contributed by atoms with Gasteiger partial charge in [0.15, 0.2) is 0 Å². The minimum Gasteiger partial charge on any atom is -0.381 e. The standard InChI is InChI=1S/C15H22N4O2/c1-3-19(10-15(1)2-6-21-11-15)14-9-13(16-12-17-14)18-4-7-20-8-5-18/h9,12H,1-8,10-11H2/t15-/m0/s1. The van der Waals surface area contributed by atoms with Crippen molar-refractivity contribution >= 4 is 11.6 Å². The lowest BCUT2D eigenvalue weighted by atomic mass is 9.87. The van der Waals surface area contributed by atoms with Crippen LogP contribution >= 0.6 is 0 Å². The molecule has 0 aromatic carbocycles. The van der Waals surface area contributed by atoms with E-state index in [4.69, 9.17) is 9.47 Å². The first-order valence-corrected chi connectivity index (χ1v) is 7.82. The van der Waals surface area contributed by atoms with Gasteiger partial charge in [-0.25, -0.2) is 9.97 Å². The molecule has 3 fully saturated rings. The Hall–Kier alpha value is -1.40. The molecular formula is C15H22N4O2. The summed E-state index contributed by atoms with van der Waals surface area (Å²) in [5, 5.41) is 0. The van der Waals surface area contributed by atoms with Gasteiger partial charge in [0.1, 0.15) is 18.0 Å². The molecule has 114 valence electrons. The minimum atomic E-state index is 0.365. The topological polar surface area (TPSA) is 50.7 Å². The summed E-state index contributed by atoms with van der Waals surface area (Å²) >= 11 is 0. The highest BCUT2D eigenvalue weighted by Gasteiger charge is 2.41. The van der Waals surface area contributed by atoms with E-state index in [0.29, 0.717) is 5.41 Å². The fourth-order valence-corrected chi connectivity index (χ4v) is 3.58. The summed E-state index contributed by atoms with van der Waals surface area (Å²) in [4.78, 5) is 13.6. The molecule has 21 heavy (non-hydrogen) atoms. The average molecular weight is 290 g/mol. The van der Waals surface area contributed by atoms with Crippen LogP contribution in [0.4, 0.5) is 11.6 Å². The quantitative estimate of drug-likeness (QED) is 0.807. The van der Waals surface area contributed by atoms with Crippen LogP contribution in [0.3, 0.4) is 0 Å². The van der Waals surface area contributed by atoms with Gasteiger partial charge in [0.25, 0.3) is 0 Å². The first-order chi connectivity index (χ1) is 10.3. The lowest BCUT2D eigenvalue weighted by Gasteiger charge is -2.28. The monoisotopic (exact) mass is 290 g/mol. The van der Waals surface area contributed by atoms with Crippen LogP contribution in [-0.4, -0.2) is 62.6 Å². The second kappa shape index (κ2) is 5.42. The molecule has 4 rings (SSSR count). The summed E-state index contributed by atoms with van der Waals surface area (Å²) in [6, 6.07) is 2.13. The third-order valence-corrected chi connectivity index (χ3v) is 4.92. The van der Waals surface area contributed by atoms with Gasteiger partial charge in [-0.05, 0) is 12.8 Å². The number of ether oxygens (including phenoxy) is 2. The number of hydrogen-bond donors (Lipinski definition) is 0. The lowest BCUT2D eigenvalue weighted by Crippen LogP contribution is -2.37. The van der Waals surface area contributed by atoms with Crippen molar-refractivity contribution in [1.29, 1.82) is 0 Å². The number of rotatable bonds is 2. The molecule has 0 unspecified atom stereocenters. The molecular weight excluding hydrogens is 268 g/mol.